The molecule has 1 nitrogen and oxygen atoms in total. The van der Waals surface area contributed by atoms with Gasteiger partial charge in [0, 0.05) is 16.2 Å². The van der Waals surface area contributed by atoms with E-state index in [1.54, 1.807) is 0 Å². The van der Waals surface area contributed by atoms with Crippen LogP contribution in [0.15, 0.2) is 186 Å². The molecule has 0 saturated carbocycles. The Balaban J connectivity index is 1.27. The third-order valence-corrected chi connectivity index (χ3v) is 9.75. The molecule has 9 aromatic carbocycles. The fraction of sp³-hybridized carbons (Fsp3) is 0. The molecule has 0 aliphatic carbocycles. The molecule has 0 amide bonds. The van der Waals surface area contributed by atoms with Crippen molar-refractivity contribution in [2.45, 2.75) is 0 Å². The van der Waals surface area contributed by atoms with E-state index in [9.17, 15) is 0 Å². The number of benzene rings is 9. The van der Waals surface area contributed by atoms with Crippen LogP contribution in [-0.4, -0.2) is 0 Å². The largest absolute Gasteiger partial charge is 0.455 e. The summed E-state index contributed by atoms with van der Waals surface area (Å²) in [5.41, 5.74) is 8.66. The van der Waals surface area contributed by atoms with Crippen LogP contribution in [0.25, 0.3) is 98.8 Å². The van der Waals surface area contributed by atoms with E-state index in [4.69, 9.17) is 11.3 Å². The zero-order valence-corrected chi connectivity index (χ0v) is 26.3. The van der Waals surface area contributed by atoms with Gasteiger partial charge < -0.3 is 4.42 Å². The molecule has 0 radical (unpaired) electrons. The van der Waals surface area contributed by atoms with Crippen LogP contribution in [0.1, 0.15) is 6.85 Å². The molecule has 1 heterocycles. The smallest absolute Gasteiger partial charge is 0.143 e. The zero-order valence-electron chi connectivity index (χ0n) is 31.3. The highest BCUT2D eigenvalue weighted by Crippen LogP contribution is 2.47. The van der Waals surface area contributed by atoms with Crippen molar-refractivity contribution in [2.24, 2.45) is 0 Å². The number of hydrogen-bond acceptors (Lipinski definition) is 1. The lowest BCUT2D eigenvalue weighted by molar-refractivity contribution is 0.673. The summed E-state index contributed by atoms with van der Waals surface area (Å²) in [4.78, 5) is 0. The standard InChI is InChI=1S/C48H30O/c1-3-15-31(16-4-1)34-19-7-9-21-36(34)47-39-24-12-10-22-37(39)46(38-23-11-13-25-40(38)47)33-27-28-45-43(29-33)44-30-42(32-17-5-2-6-18-32)35-20-8-14-26-41(35)48(44)49-45/h1-30H/i1D,3D,4D,15D,16D. The molecule has 0 unspecified atom stereocenters. The van der Waals surface area contributed by atoms with Gasteiger partial charge in [-0.15, -0.1) is 0 Å². The van der Waals surface area contributed by atoms with Crippen LogP contribution in [0.5, 0.6) is 0 Å². The summed E-state index contributed by atoms with van der Waals surface area (Å²) >= 11 is 0. The Morgan fingerprint density at radius 3 is 1.61 bits per heavy atom. The fourth-order valence-electron chi connectivity index (χ4n) is 7.64. The maximum absolute atomic E-state index is 8.84. The van der Waals surface area contributed by atoms with Crippen molar-refractivity contribution >= 4 is 54.3 Å². The molecule has 1 heteroatoms. The second-order valence-corrected chi connectivity index (χ2v) is 12.4. The van der Waals surface area contributed by atoms with E-state index in [0.29, 0.717) is 5.56 Å². The third kappa shape index (κ3) is 4.33. The van der Waals surface area contributed by atoms with Gasteiger partial charge in [-0.05, 0) is 89.6 Å². The summed E-state index contributed by atoms with van der Waals surface area (Å²) in [5, 5.41) is 8.41. The minimum atomic E-state index is -0.404. The second-order valence-electron chi connectivity index (χ2n) is 12.4. The van der Waals surface area contributed by atoms with Gasteiger partial charge in [0.15, 0.2) is 0 Å². The predicted molar refractivity (Wildman–Crippen MR) is 208 cm³/mol. The average Bonchev–Trinajstić information content (AvgIpc) is 3.60. The fourth-order valence-corrected chi connectivity index (χ4v) is 7.64. The molecule has 0 atom stereocenters. The van der Waals surface area contributed by atoms with Crippen LogP contribution in [0, 0.1) is 0 Å². The van der Waals surface area contributed by atoms with Crippen molar-refractivity contribution in [1.29, 1.82) is 0 Å². The first-order valence-electron chi connectivity index (χ1n) is 18.9. The van der Waals surface area contributed by atoms with Gasteiger partial charge in [0.25, 0.3) is 0 Å². The van der Waals surface area contributed by atoms with Gasteiger partial charge in [0.1, 0.15) is 11.2 Å². The Kier molecular flexibility index (Phi) is 5.20. The highest BCUT2D eigenvalue weighted by atomic mass is 16.3. The molecule has 1 aromatic heterocycles. The first-order valence-corrected chi connectivity index (χ1v) is 16.4. The normalized spacial score (nSPS) is 13.1. The molecule has 0 bridgehead atoms. The lowest BCUT2D eigenvalue weighted by atomic mass is 9.83. The Morgan fingerprint density at radius 1 is 0.347 bits per heavy atom. The molecule has 0 fully saturated rings. The Morgan fingerprint density at radius 2 is 0.918 bits per heavy atom. The molecule has 0 saturated heterocycles. The van der Waals surface area contributed by atoms with Crippen molar-refractivity contribution in [3.63, 3.8) is 0 Å². The maximum Gasteiger partial charge on any atom is 0.143 e. The molecule has 0 N–H and O–H groups in total. The van der Waals surface area contributed by atoms with E-state index < -0.39 is 6.04 Å². The van der Waals surface area contributed by atoms with Gasteiger partial charge in [0.2, 0.25) is 0 Å². The number of rotatable bonds is 4. The van der Waals surface area contributed by atoms with Gasteiger partial charge in [-0.3, -0.25) is 0 Å². The first-order chi connectivity index (χ1) is 26.4. The minimum absolute atomic E-state index is 0.188. The van der Waals surface area contributed by atoms with Gasteiger partial charge in [0.05, 0.1) is 6.85 Å². The Bertz CT molecular complexity index is 3080. The Labute approximate surface area is 291 Å². The summed E-state index contributed by atoms with van der Waals surface area (Å²) in [5.74, 6) is 0. The molecule has 10 aromatic rings. The number of hydrogen-bond donors (Lipinski definition) is 0. The van der Waals surface area contributed by atoms with Gasteiger partial charge in [-0.1, -0.05) is 164 Å². The predicted octanol–water partition coefficient (Wildman–Crippen LogP) is 13.7. The van der Waals surface area contributed by atoms with E-state index in [1.165, 1.54) is 0 Å². The van der Waals surface area contributed by atoms with Crippen molar-refractivity contribution in [3.05, 3.63) is 182 Å². The highest BCUT2D eigenvalue weighted by molar-refractivity contribution is 6.24. The molecule has 0 spiro atoms. The molecule has 0 aliphatic heterocycles. The lowest BCUT2D eigenvalue weighted by Gasteiger charge is -2.19. The molecule has 0 aliphatic rings. The van der Waals surface area contributed by atoms with Crippen molar-refractivity contribution in [3.8, 4) is 44.5 Å². The van der Waals surface area contributed by atoms with E-state index >= 15 is 0 Å². The number of fused-ring (bicyclic) bond motifs is 7. The first kappa shape index (κ1) is 23.0. The zero-order chi connectivity index (χ0) is 36.7. The van der Waals surface area contributed by atoms with Crippen LogP contribution >= 0.6 is 0 Å². The molecule has 10 rings (SSSR count). The molecular formula is C48H30O. The van der Waals surface area contributed by atoms with E-state index in [-0.39, 0.29) is 29.7 Å². The maximum atomic E-state index is 8.84. The lowest BCUT2D eigenvalue weighted by Crippen LogP contribution is -1.92. The summed E-state index contributed by atoms with van der Waals surface area (Å²) in [6.45, 7) is 0. The van der Waals surface area contributed by atoms with Crippen molar-refractivity contribution < 1.29 is 11.3 Å². The minimum Gasteiger partial charge on any atom is -0.455 e. The topological polar surface area (TPSA) is 13.1 Å². The van der Waals surface area contributed by atoms with Crippen molar-refractivity contribution in [2.75, 3.05) is 0 Å². The van der Waals surface area contributed by atoms with E-state index in [2.05, 4.69) is 109 Å². The van der Waals surface area contributed by atoms with Crippen LogP contribution in [0.4, 0.5) is 0 Å². The van der Waals surface area contributed by atoms with E-state index in [0.717, 1.165) is 87.6 Å². The van der Waals surface area contributed by atoms with Gasteiger partial charge in [-0.2, -0.15) is 0 Å². The van der Waals surface area contributed by atoms with Crippen molar-refractivity contribution in [1.82, 2.24) is 0 Å². The summed E-state index contributed by atoms with van der Waals surface area (Å²) in [6, 6.07) is 50.4. The summed E-state index contributed by atoms with van der Waals surface area (Å²) < 4.78 is 49.4. The number of furan rings is 1. The average molecular weight is 628 g/mol. The molecule has 49 heavy (non-hydrogen) atoms. The monoisotopic (exact) mass is 627 g/mol. The third-order valence-electron chi connectivity index (χ3n) is 9.75. The Hall–Kier alpha value is -6.44. The molecule has 228 valence electrons. The van der Waals surface area contributed by atoms with Crippen LogP contribution in [-0.2, 0) is 0 Å². The van der Waals surface area contributed by atoms with Gasteiger partial charge in [-0.25, -0.2) is 0 Å². The quantitative estimate of drug-likeness (QED) is 0.177. The van der Waals surface area contributed by atoms with E-state index in [1.807, 2.05) is 42.5 Å². The van der Waals surface area contributed by atoms with Crippen LogP contribution in [0.3, 0.4) is 0 Å². The molecular weight excluding hydrogens is 593 g/mol. The summed E-state index contributed by atoms with van der Waals surface area (Å²) in [6.07, 6.45) is 0. The van der Waals surface area contributed by atoms with Gasteiger partial charge >= 0.3 is 0 Å². The van der Waals surface area contributed by atoms with Crippen LogP contribution < -0.4 is 0 Å². The SMILES string of the molecule is [2H]c1c([2H])c([2H])c(-c2ccccc2-c2c3ccccc3c(-c3ccc4oc5c6ccccc6c(-c6ccccc6)cc5c4c3)c3ccccc23)c([2H])c1[2H]. The highest BCUT2D eigenvalue weighted by Gasteiger charge is 2.20. The van der Waals surface area contributed by atoms with Crippen LogP contribution in [0.2, 0.25) is 0 Å². The second kappa shape index (κ2) is 11.1. The summed E-state index contributed by atoms with van der Waals surface area (Å²) in [7, 11) is 0.